The van der Waals surface area contributed by atoms with Crippen LogP contribution in [0.5, 0.6) is 0 Å². The number of rotatable bonds is 2. The number of aryl methyl sites for hydroxylation is 1. The normalized spacial score (nSPS) is 10.9. The van der Waals surface area contributed by atoms with Crippen molar-refractivity contribution in [3.8, 4) is 0 Å². The maximum Gasteiger partial charge on any atom is 0.272 e. The lowest BCUT2D eigenvalue weighted by Gasteiger charge is -2.11. The summed E-state index contributed by atoms with van der Waals surface area (Å²) in [5.41, 5.74) is 2.57. The molecule has 1 aromatic heterocycles. The summed E-state index contributed by atoms with van der Waals surface area (Å²) in [5, 5.41) is 0. The van der Waals surface area contributed by atoms with E-state index in [2.05, 4.69) is 4.98 Å². The van der Waals surface area contributed by atoms with E-state index in [-0.39, 0.29) is 11.4 Å². The first-order valence-electron chi connectivity index (χ1n) is 6.36. The summed E-state index contributed by atoms with van der Waals surface area (Å²) < 4.78 is 14.9. The van der Waals surface area contributed by atoms with E-state index in [4.69, 9.17) is 0 Å². The highest BCUT2D eigenvalue weighted by atomic mass is 19.1. The Morgan fingerprint density at radius 3 is 2.75 bits per heavy atom. The van der Waals surface area contributed by atoms with Crippen molar-refractivity contribution < 1.29 is 4.39 Å². The second kappa shape index (κ2) is 4.89. The molecule has 0 radical (unpaired) electrons. The maximum absolute atomic E-state index is 13.3. The van der Waals surface area contributed by atoms with Crippen molar-refractivity contribution in [3.05, 3.63) is 76.0 Å². The summed E-state index contributed by atoms with van der Waals surface area (Å²) in [5.74, 6) is -0.300. The second-order valence-electron chi connectivity index (χ2n) is 4.71. The van der Waals surface area contributed by atoms with E-state index in [9.17, 15) is 9.18 Å². The van der Waals surface area contributed by atoms with Crippen molar-refractivity contribution >= 4 is 11.0 Å². The molecule has 0 N–H and O–H groups in total. The first-order valence-corrected chi connectivity index (χ1v) is 6.36. The van der Waals surface area contributed by atoms with Crippen LogP contribution in [-0.2, 0) is 6.54 Å². The highest BCUT2D eigenvalue weighted by Gasteiger charge is 2.08. The van der Waals surface area contributed by atoms with Crippen molar-refractivity contribution in [1.29, 1.82) is 0 Å². The van der Waals surface area contributed by atoms with Gasteiger partial charge >= 0.3 is 0 Å². The van der Waals surface area contributed by atoms with Gasteiger partial charge in [0.05, 0.1) is 17.6 Å². The van der Waals surface area contributed by atoms with Crippen molar-refractivity contribution in [2.45, 2.75) is 13.5 Å². The van der Waals surface area contributed by atoms with Crippen LogP contribution in [0.15, 0.2) is 53.3 Å². The van der Waals surface area contributed by atoms with E-state index in [0.717, 1.165) is 16.6 Å². The molecule has 0 unspecified atom stereocenters. The van der Waals surface area contributed by atoms with E-state index >= 15 is 0 Å². The van der Waals surface area contributed by atoms with Gasteiger partial charge in [0, 0.05) is 0 Å². The minimum Gasteiger partial charge on any atom is -0.301 e. The smallest absolute Gasteiger partial charge is 0.272 e. The number of benzene rings is 2. The molecule has 1 heterocycles. The Kier molecular flexibility index (Phi) is 3.06. The quantitative estimate of drug-likeness (QED) is 0.716. The van der Waals surface area contributed by atoms with Crippen LogP contribution in [-0.4, -0.2) is 9.55 Å². The lowest BCUT2D eigenvalue weighted by atomic mass is 10.2. The molecule has 3 nitrogen and oxygen atoms in total. The van der Waals surface area contributed by atoms with Gasteiger partial charge in [-0.15, -0.1) is 0 Å². The highest BCUT2D eigenvalue weighted by Crippen LogP contribution is 2.12. The van der Waals surface area contributed by atoms with Gasteiger partial charge in [-0.1, -0.05) is 24.3 Å². The lowest BCUT2D eigenvalue weighted by Crippen LogP contribution is -2.24. The number of hydrogen-bond donors (Lipinski definition) is 0. The first-order chi connectivity index (χ1) is 9.65. The molecule has 0 aliphatic heterocycles. The molecule has 0 bridgehead atoms. The molecule has 0 spiro atoms. The van der Waals surface area contributed by atoms with Crippen LogP contribution >= 0.6 is 0 Å². The number of halogens is 1. The molecule has 20 heavy (non-hydrogen) atoms. The molecular formula is C16H13FN2O. The summed E-state index contributed by atoms with van der Waals surface area (Å²) in [6.07, 6.45) is 0. The second-order valence-corrected chi connectivity index (χ2v) is 4.71. The van der Waals surface area contributed by atoms with Crippen LogP contribution in [0.25, 0.3) is 11.0 Å². The van der Waals surface area contributed by atoms with Gasteiger partial charge in [-0.3, -0.25) is 4.79 Å². The minimum absolute atomic E-state index is 0.145. The summed E-state index contributed by atoms with van der Waals surface area (Å²) >= 11 is 0. The molecule has 0 fully saturated rings. The highest BCUT2D eigenvalue weighted by molar-refractivity contribution is 5.74. The molecule has 0 amide bonds. The van der Waals surface area contributed by atoms with Gasteiger partial charge in [0.15, 0.2) is 0 Å². The van der Waals surface area contributed by atoms with E-state index in [1.807, 2.05) is 24.3 Å². The fourth-order valence-corrected chi connectivity index (χ4v) is 2.30. The van der Waals surface area contributed by atoms with Crippen molar-refractivity contribution in [2.75, 3.05) is 0 Å². The standard InChI is InChI=1S/C16H13FN2O/c1-11-16(20)19(10-12-5-4-6-13(17)9-12)15-8-3-2-7-14(15)18-11/h2-9H,10H2,1H3. The maximum atomic E-state index is 13.3. The monoisotopic (exact) mass is 268 g/mol. The van der Waals surface area contributed by atoms with Crippen molar-refractivity contribution in [2.24, 2.45) is 0 Å². The van der Waals surface area contributed by atoms with Gasteiger partial charge in [-0.2, -0.15) is 0 Å². The number of hydrogen-bond acceptors (Lipinski definition) is 2. The fourth-order valence-electron chi connectivity index (χ4n) is 2.30. The molecular weight excluding hydrogens is 255 g/mol. The van der Waals surface area contributed by atoms with E-state index in [0.29, 0.717) is 12.2 Å². The van der Waals surface area contributed by atoms with E-state index in [1.54, 1.807) is 23.6 Å². The molecule has 0 saturated heterocycles. The molecule has 4 heteroatoms. The average Bonchev–Trinajstić information content (AvgIpc) is 2.44. The van der Waals surface area contributed by atoms with Gasteiger partial charge < -0.3 is 4.57 Å². The fraction of sp³-hybridized carbons (Fsp3) is 0.125. The van der Waals surface area contributed by atoms with Crippen molar-refractivity contribution in [1.82, 2.24) is 9.55 Å². The number of nitrogens with zero attached hydrogens (tertiary/aromatic N) is 2. The molecule has 0 aliphatic rings. The summed E-state index contributed by atoms with van der Waals surface area (Å²) in [6.45, 7) is 2.03. The number of fused-ring (bicyclic) bond motifs is 1. The Morgan fingerprint density at radius 2 is 1.95 bits per heavy atom. The molecule has 2 aromatic carbocycles. The third-order valence-corrected chi connectivity index (χ3v) is 3.25. The molecule has 3 aromatic rings. The Morgan fingerprint density at radius 1 is 1.15 bits per heavy atom. The number of aromatic nitrogens is 2. The minimum atomic E-state index is -0.300. The summed E-state index contributed by atoms with van der Waals surface area (Å²) in [7, 11) is 0. The van der Waals surface area contributed by atoms with Gasteiger partial charge in [-0.05, 0) is 36.8 Å². The first kappa shape index (κ1) is 12.5. The van der Waals surface area contributed by atoms with Crippen LogP contribution in [0, 0.1) is 12.7 Å². The SMILES string of the molecule is Cc1nc2ccccc2n(Cc2cccc(F)c2)c1=O. The van der Waals surface area contributed by atoms with E-state index in [1.165, 1.54) is 12.1 Å². The zero-order chi connectivity index (χ0) is 14.1. The van der Waals surface area contributed by atoms with Gasteiger partial charge in [-0.25, -0.2) is 9.37 Å². The summed E-state index contributed by atoms with van der Waals surface area (Å²) in [4.78, 5) is 16.6. The lowest BCUT2D eigenvalue weighted by molar-refractivity contribution is 0.623. The molecule has 0 atom stereocenters. The van der Waals surface area contributed by atoms with E-state index < -0.39 is 0 Å². The Balaban J connectivity index is 2.20. The predicted molar refractivity (Wildman–Crippen MR) is 76.2 cm³/mol. The third-order valence-electron chi connectivity index (χ3n) is 3.25. The zero-order valence-electron chi connectivity index (χ0n) is 11.0. The van der Waals surface area contributed by atoms with Crippen LogP contribution in [0.2, 0.25) is 0 Å². The van der Waals surface area contributed by atoms with Crippen LogP contribution in [0.3, 0.4) is 0 Å². The topological polar surface area (TPSA) is 34.9 Å². The largest absolute Gasteiger partial charge is 0.301 e. The average molecular weight is 268 g/mol. The van der Waals surface area contributed by atoms with Gasteiger partial charge in [0.1, 0.15) is 11.5 Å². The van der Waals surface area contributed by atoms with Gasteiger partial charge in [0.25, 0.3) is 5.56 Å². The zero-order valence-corrected chi connectivity index (χ0v) is 11.0. The molecule has 0 saturated carbocycles. The van der Waals surface area contributed by atoms with Crippen LogP contribution < -0.4 is 5.56 Å². The van der Waals surface area contributed by atoms with Crippen LogP contribution in [0.1, 0.15) is 11.3 Å². The molecule has 100 valence electrons. The summed E-state index contributed by atoms with van der Waals surface area (Å²) in [6, 6.07) is 13.7. The Labute approximate surface area is 115 Å². The predicted octanol–water partition coefficient (Wildman–Crippen LogP) is 2.89. The molecule has 0 aliphatic carbocycles. The third kappa shape index (κ3) is 2.20. The Bertz CT molecular complexity index is 839. The van der Waals surface area contributed by atoms with Crippen molar-refractivity contribution in [3.63, 3.8) is 0 Å². The molecule has 3 rings (SSSR count). The Hall–Kier alpha value is -2.49. The van der Waals surface area contributed by atoms with Gasteiger partial charge in [0.2, 0.25) is 0 Å². The van der Waals surface area contributed by atoms with Crippen LogP contribution in [0.4, 0.5) is 4.39 Å². The number of para-hydroxylation sites is 2.